The lowest BCUT2D eigenvalue weighted by Gasteiger charge is -2.31. The summed E-state index contributed by atoms with van der Waals surface area (Å²) in [7, 11) is 0. The van der Waals surface area contributed by atoms with Gasteiger partial charge in [0.1, 0.15) is 16.6 Å². The van der Waals surface area contributed by atoms with Gasteiger partial charge >= 0.3 is 0 Å². The highest BCUT2D eigenvalue weighted by Crippen LogP contribution is 2.33. The van der Waals surface area contributed by atoms with Gasteiger partial charge in [-0.3, -0.25) is 4.79 Å². The summed E-state index contributed by atoms with van der Waals surface area (Å²) in [4.78, 5) is 14.4. The number of piperidine rings is 1. The van der Waals surface area contributed by atoms with E-state index in [4.69, 9.17) is 27.9 Å². The molecule has 2 aromatic carbocycles. The zero-order chi connectivity index (χ0) is 21.1. The van der Waals surface area contributed by atoms with Gasteiger partial charge in [0.25, 0.3) is 5.91 Å². The molecule has 2 heterocycles. The van der Waals surface area contributed by atoms with Gasteiger partial charge in [0.2, 0.25) is 0 Å². The Bertz CT molecular complexity index is 1060. The van der Waals surface area contributed by atoms with Gasteiger partial charge in [0, 0.05) is 29.6 Å². The quantitative estimate of drug-likeness (QED) is 0.503. The number of ether oxygens (including phenoxy) is 1. The van der Waals surface area contributed by atoms with Gasteiger partial charge < -0.3 is 9.64 Å². The first kappa shape index (κ1) is 21.0. The van der Waals surface area contributed by atoms with E-state index in [2.05, 4.69) is 10.2 Å². The van der Waals surface area contributed by atoms with Crippen LogP contribution >= 0.6 is 34.5 Å². The summed E-state index contributed by atoms with van der Waals surface area (Å²) in [6.07, 6.45) is 1.76. The Kier molecular flexibility index (Phi) is 6.51. The summed E-state index contributed by atoms with van der Waals surface area (Å²) in [5, 5.41) is 10.7. The molecule has 0 spiro atoms. The molecule has 1 saturated heterocycles. The lowest BCUT2D eigenvalue weighted by atomic mass is 9.99. The molecule has 30 heavy (non-hydrogen) atoms. The number of hydrogen-bond donors (Lipinski definition) is 0. The minimum absolute atomic E-state index is 0.0693. The van der Waals surface area contributed by atoms with Crippen LogP contribution in [0.3, 0.4) is 0 Å². The maximum atomic E-state index is 14.0. The van der Waals surface area contributed by atoms with Crippen LogP contribution in [0.25, 0.3) is 10.6 Å². The third kappa shape index (κ3) is 4.74. The van der Waals surface area contributed by atoms with Crippen molar-refractivity contribution in [2.24, 2.45) is 0 Å². The van der Waals surface area contributed by atoms with E-state index in [-0.39, 0.29) is 24.2 Å². The number of carbonyl (C=O) groups is 1. The average Bonchev–Trinajstić information content (AvgIpc) is 3.23. The van der Waals surface area contributed by atoms with Crippen molar-refractivity contribution in [2.75, 3.05) is 19.7 Å². The summed E-state index contributed by atoms with van der Waals surface area (Å²) in [6, 6.07) is 11.4. The molecule has 0 saturated carbocycles. The molecule has 0 aliphatic carbocycles. The summed E-state index contributed by atoms with van der Waals surface area (Å²) < 4.78 is 19.6. The van der Waals surface area contributed by atoms with E-state index in [9.17, 15) is 9.18 Å². The van der Waals surface area contributed by atoms with E-state index in [1.54, 1.807) is 41.3 Å². The zero-order valence-corrected chi connectivity index (χ0v) is 18.2. The Morgan fingerprint density at radius 1 is 1.23 bits per heavy atom. The molecule has 1 amide bonds. The number of carbonyl (C=O) groups excluding carboxylic acids is 1. The second-order valence-corrected chi connectivity index (χ2v) is 8.82. The number of hydrogen-bond acceptors (Lipinski definition) is 5. The molecule has 0 bridgehead atoms. The number of likely N-dealkylation sites (tertiary alicyclic amines) is 1. The SMILES string of the molecule is O=C(COc1ccc(Cl)cc1Cl)N1CCC[C@@H](c2nnc(-c3ccccc3F)s2)C1. The van der Waals surface area contributed by atoms with Crippen LogP contribution in [-0.4, -0.2) is 40.7 Å². The maximum Gasteiger partial charge on any atom is 0.260 e. The van der Waals surface area contributed by atoms with Crippen molar-refractivity contribution < 1.29 is 13.9 Å². The van der Waals surface area contributed by atoms with E-state index in [1.165, 1.54) is 17.4 Å². The summed E-state index contributed by atoms with van der Waals surface area (Å²) >= 11 is 13.3. The first-order chi connectivity index (χ1) is 14.5. The van der Waals surface area contributed by atoms with E-state index >= 15 is 0 Å². The van der Waals surface area contributed by atoms with Crippen molar-refractivity contribution in [2.45, 2.75) is 18.8 Å². The second kappa shape index (κ2) is 9.29. The van der Waals surface area contributed by atoms with Crippen molar-refractivity contribution in [3.8, 4) is 16.3 Å². The summed E-state index contributed by atoms with van der Waals surface area (Å²) in [5.74, 6) is 0.0460. The third-order valence-corrected chi connectivity index (χ3v) is 6.56. The number of rotatable bonds is 5. The standard InChI is InChI=1S/C21H18Cl2FN3O2S/c22-14-7-8-18(16(23)10-14)29-12-19(28)27-9-3-4-13(11-27)20-25-26-21(30-20)15-5-1-2-6-17(15)24/h1-2,5-8,10,13H,3-4,9,11-12H2/t13-/m1/s1. The first-order valence-corrected chi connectivity index (χ1v) is 11.0. The van der Waals surface area contributed by atoms with Crippen LogP contribution in [0.5, 0.6) is 5.75 Å². The second-order valence-electron chi connectivity index (χ2n) is 6.97. The molecular weight excluding hydrogens is 448 g/mol. The minimum atomic E-state index is -0.321. The molecule has 5 nitrogen and oxygen atoms in total. The van der Waals surface area contributed by atoms with Crippen LogP contribution in [0, 0.1) is 5.82 Å². The fourth-order valence-electron chi connectivity index (χ4n) is 3.37. The predicted molar refractivity (Wildman–Crippen MR) is 116 cm³/mol. The third-order valence-electron chi connectivity index (χ3n) is 4.91. The molecule has 1 aliphatic heterocycles. The lowest BCUT2D eigenvalue weighted by molar-refractivity contribution is -0.134. The van der Waals surface area contributed by atoms with Crippen LogP contribution in [-0.2, 0) is 4.79 Å². The average molecular weight is 466 g/mol. The molecule has 0 N–H and O–H groups in total. The van der Waals surface area contributed by atoms with Crippen molar-refractivity contribution in [1.82, 2.24) is 15.1 Å². The van der Waals surface area contributed by atoms with E-state index in [0.29, 0.717) is 39.5 Å². The maximum absolute atomic E-state index is 14.0. The number of nitrogens with zero attached hydrogens (tertiary/aromatic N) is 3. The highest BCUT2D eigenvalue weighted by molar-refractivity contribution is 7.14. The van der Waals surface area contributed by atoms with E-state index in [1.807, 2.05) is 0 Å². The van der Waals surface area contributed by atoms with Crippen LogP contribution in [0.1, 0.15) is 23.8 Å². The fourth-order valence-corrected chi connectivity index (χ4v) is 4.83. The fraction of sp³-hybridized carbons (Fsp3) is 0.286. The zero-order valence-electron chi connectivity index (χ0n) is 15.9. The highest BCUT2D eigenvalue weighted by Gasteiger charge is 2.28. The van der Waals surface area contributed by atoms with Gasteiger partial charge in [-0.2, -0.15) is 0 Å². The molecule has 1 atom stereocenters. The Balaban J connectivity index is 1.39. The summed E-state index contributed by atoms with van der Waals surface area (Å²) in [6.45, 7) is 1.08. The monoisotopic (exact) mass is 465 g/mol. The van der Waals surface area contributed by atoms with Crippen LogP contribution < -0.4 is 4.74 Å². The van der Waals surface area contributed by atoms with Crippen molar-refractivity contribution in [3.63, 3.8) is 0 Å². The first-order valence-electron chi connectivity index (χ1n) is 9.45. The molecule has 0 radical (unpaired) electrons. The lowest BCUT2D eigenvalue weighted by Crippen LogP contribution is -2.41. The van der Waals surface area contributed by atoms with Crippen LogP contribution in [0.2, 0.25) is 10.0 Å². The number of halogens is 3. The largest absolute Gasteiger partial charge is 0.482 e. The smallest absolute Gasteiger partial charge is 0.260 e. The molecule has 0 unspecified atom stereocenters. The van der Waals surface area contributed by atoms with Crippen LogP contribution in [0.15, 0.2) is 42.5 Å². The number of benzene rings is 2. The Labute approximate surface area is 187 Å². The molecule has 1 aromatic heterocycles. The normalized spacial score (nSPS) is 16.5. The molecule has 1 fully saturated rings. The minimum Gasteiger partial charge on any atom is -0.482 e. The summed E-state index contributed by atoms with van der Waals surface area (Å²) in [5.41, 5.74) is 0.443. The molecule has 9 heteroatoms. The van der Waals surface area contributed by atoms with Gasteiger partial charge in [0.05, 0.1) is 5.02 Å². The molecule has 3 aromatic rings. The van der Waals surface area contributed by atoms with E-state index < -0.39 is 0 Å². The number of aromatic nitrogens is 2. The topological polar surface area (TPSA) is 55.3 Å². The van der Waals surface area contributed by atoms with Crippen molar-refractivity contribution >= 4 is 40.4 Å². The van der Waals surface area contributed by atoms with E-state index in [0.717, 1.165) is 17.8 Å². The van der Waals surface area contributed by atoms with Crippen molar-refractivity contribution in [1.29, 1.82) is 0 Å². The molecular formula is C21H18Cl2FN3O2S. The van der Waals surface area contributed by atoms with Crippen LogP contribution in [0.4, 0.5) is 4.39 Å². The Morgan fingerprint density at radius 3 is 2.87 bits per heavy atom. The van der Waals surface area contributed by atoms with Gasteiger partial charge in [-0.05, 0) is 43.2 Å². The molecule has 1 aliphatic rings. The van der Waals surface area contributed by atoms with Gasteiger partial charge in [-0.15, -0.1) is 10.2 Å². The van der Waals surface area contributed by atoms with Gasteiger partial charge in [-0.1, -0.05) is 46.7 Å². The highest BCUT2D eigenvalue weighted by atomic mass is 35.5. The Hall–Kier alpha value is -2.22. The number of amides is 1. The van der Waals surface area contributed by atoms with Gasteiger partial charge in [-0.25, -0.2) is 4.39 Å². The van der Waals surface area contributed by atoms with Gasteiger partial charge in [0.15, 0.2) is 11.6 Å². The Morgan fingerprint density at radius 2 is 2.07 bits per heavy atom. The molecule has 156 valence electrons. The predicted octanol–water partition coefficient (Wildman–Crippen LogP) is 5.44. The molecule has 4 rings (SSSR count). The van der Waals surface area contributed by atoms with Crippen molar-refractivity contribution in [3.05, 3.63) is 63.3 Å².